The Hall–Kier alpha value is -1.76. The van der Waals surface area contributed by atoms with Gasteiger partial charge in [-0.25, -0.2) is 8.42 Å². The SMILES string of the molecule is CCNC(=O)c1ccc(N)cc1N1CCS(=O)(=O)CC1C. The third-order valence-electron chi connectivity index (χ3n) is 3.58. The van der Waals surface area contributed by atoms with Gasteiger partial charge in [0.2, 0.25) is 0 Å². The van der Waals surface area contributed by atoms with E-state index in [4.69, 9.17) is 5.73 Å². The minimum absolute atomic E-state index is 0.0939. The van der Waals surface area contributed by atoms with E-state index in [0.29, 0.717) is 30.0 Å². The smallest absolute Gasteiger partial charge is 0.253 e. The highest BCUT2D eigenvalue weighted by atomic mass is 32.2. The highest BCUT2D eigenvalue weighted by molar-refractivity contribution is 7.91. The fraction of sp³-hybridized carbons (Fsp3) is 0.500. The van der Waals surface area contributed by atoms with Gasteiger partial charge in [-0.3, -0.25) is 4.79 Å². The summed E-state index contributed by atoms with van der Waals surface area (Å²) in [6, 6.07) is 4.92. The van der Waals surface area contributed by atoms with Crippen molar-refractivity contribution in [3.05, 3.63) is 23.8 Å². The predicted octanol–water partition coefficient (Wildman–Crippen LogP) is 0.642. The van der Waals surface area contributed by atoms with E-state index in [-0.39, 0.29) is 23.5 Å². The number of nitrogens with two attached hydrogens (primary N) is 1. The maximum Gasteiger partial charge on any atom is 0.253 e. The molecule has 0 bridgehead atoms. The molecule has 0 aliphatic carbocycles. The largest absolute Gasteiger partial charge is 0.399 e. The van der Waals surface area contributed by atoms with Crippen LogP contribution in [0, 0.1) is 0 Å². The molecule has 1 aromatic rings. The predicted molar refractivity (Wildman–Crippen MR) is 84.3 cm³/mol. The molecule has 1 fully saturated rings. The number of hydrogen-bond donors (Lipinski definition) is 2. The fourth-order valence-electron chi connectivity index (χ4n) is 2.59. The molecular weight excluding hydrogens is 290 g/mol. The van der Waals surface area contributed by atoms with Crippen molar-refractivity contribution >= 4 is 27.1 Å². The molecule has 1 heterocycles. The Bertz CT molecular complexity index is 643. The van der Waals surface area contributed by atoms with Crippen LogP contribution in [0.1, 0.15) is 24.2 Å². The summed E-state index contributed by atoms with van der Waals surface area (Å²) >= 11 is 0. The zero-order valence-electron chi connectivity index (χ0n) is 12.3. The molecular formula is C14H21N3O3S. The number of carbonyl (C=O) groups excluding carboxylic acids is 1. The van der Waals surface area contributed by atoms with Crippen LogP contribution in [0.15, 0.2) is 18.2 Å². The van der Waals surface area contributed by atoms with E-state index in [9.17, 15) is 13.2 Å². The van der Waals surface area contributed by atoms with Crippen LogP contribution in [0.4, 0.5) is 11.4 Å². The van der Waals surface area contributed by atoms with Gasteiger partial charge in [0, 0.05) is 24.8 Å². The first-order valence-electron chi connectivity index (χ1n) is 6.99. The first-order valence-corrected chi connectivity index (χ1v) is 8.81. The number of amides is 1. The number of sulfone groups is 1. The van der Waals surface area contributed by atoms with Crippen molar-refractivity contribution in [2.24, 2.45) is 0 Å². The lowest BCUT2D eigenvalue weighted by atomic mass is 10.1. The van der Waals surface area contributed by atoms with Gasteiger partial charge in [-0.15, -0.1) is 0 Å². The van der Waals surface area contributed by atoms with Gasteiger partial charge in [0.15, 0.2) is 9.84 Å². The summed E-state index contributed by atoms with van der Waals surface area (Å²) in [5.41, 5.74) is 7.61. The molecule has 0 spiro atoms. The molecule has 1 saturated heterocycles. The molecule has 3 N–H and O–H groups in total. The van der Waals surface area contributed by atoms with E-state index in [0.717, 1.165) is 0 Å². The lowest BCUT2D eigenvalue weighted by Crippen LogP contribution is -2.47. The maximum absolute atomic E-state index is 12.2. The number of anilines is 2. The van der Waals surface area contributed by atoms with E-state index < -0.39 is 9.84 Å². The molecule has 1 aromatic carbocycles. The molecule has 1 atom stereocenters. The number of carbonyl (C=O) groups is 1. The van der Waals surface area contributed by atoms with Crippen molar-refractivity contribution in [3.63, 3.8) is 0 Å². The monoisotopic (exact) mass is 311 g/mol. The van der Waals surface area contributed by atoms with Crippen LogP contribution < -0.4 is 16.0 Å². The van der Waals surface area contributed by atoms with Gasteiger partial charge in [0.25, 0.3) is 5.91 Å². The normalized spacial score (nSPS) is 21.0. The van der Waals surface area contributed by atoms with E-state index in [1.165, 1.54) is 0 Å². The van der Waals surface area contributed by atoms with Gasteiger partial charge < -0.3 is 16.0 Å². The van der Waals surface area contributed by atoms with Gasteiger partial charge in [0.1, 0.15) is 0 Å². The maximum atomic E-state index is 12.2. The zero-order valence-corrected chi connectivity index (χ0v) is 13.1. The molecule has 1 aliphatic rings. The quantitative estimate of drug-likeness (QED) is 0.799. The van der Waals surface area contributed by atoms with Crippen molar-refractivity contribution in [1.29, 1.82) is 0 Å². The lowest BCUT2D eigenvalue weighted by molar-refractivity contribution is 0.0956. The molecule has 7 heteroatoms. The van der Waals surface area contributed by atoms with Crippen LogP contribution in [0.3, 0.4) is 0 Å². The van der Waals surface area contributed by atoms with Crippen LogP contribution >= 0.6 is 0 Å². The number of benzene rings is 1. The Morgan fingerprint density at radius 2 is 2.19 bits per heavy atom. The van der Waals surface area contributed by atoms with E-state index >= 15 is 0 Å². The van der Waals surface area contributed by atoms with E-state index in [2.05, 4.69) is 5.32 Å². The van der Waals surface area contributed by atoms with Gasteiger partial charge in [-0.1, -0.05) is 0 Å². The Morgan fingerprint density at radius 3 is 2.81 bits per heavy atom. The van der Waals surface area contributed by atoms with E-state index in [1.54, 1.807) is 18.2 Å². The van der Waals surface area contributed by atoms with Crippen LogP contribution in [-0.4, -0.2) is 45.0 Å². The van der Waals surface area contributed by atoms with Crippen molar-refractivity contribution in [2.45, 2.75) is 19.9 Å². The average molecular weight is 311 g/mol. The molecule has 0 radical (unpaired) electrons. The molecule has 2 rings (SSSR count). The number of nitrogens with one attached hydrogen (secondary N) is 1. The summed E-state index contributed by atoms with van der Waals surface area (Å²) in [5, 5.41) is 2.77. The van der Waals surface area contributed by atoms with Gasteiger partial charge in [-0.2, -0.15) is 0 Å². The molecule has 6 nitrogen and oxygen atoms in total. The van der Waals surface area contributed by atoms with Gasteiger partial charge in [0.05, 0.1) is 22.8 Å². The second-order valence-electron chi connectivity index (χ2n) is 5.29. The highest BCUT2D eigenvalue weighted by Gasteiger charge is 2.30. The lowest BCUT2D eigenvalue weighted by Gasteiger charge is -2.36. The Morgan fingerprint density at radius 1 is 1.48 bits per heavy atom. The summed E-state index contributed by atoms with van der Waals surface area (Å²) in [4.78, 5) is 14.1. The topological polar surface area (TPSA) is 92.5 Å². The minimum atomic E-state index is -3.00. The van der Waals surface area contributed by atoms with Crippen LogP contribution in [0.5, 0.6) is 0 Å². The average Bonchev–Trinajstić information content (AvgIpc) is 2.37. The number of hydrogen-bond acceptors (Lipinski definition) is 5. The summed E-state index contributed by atoms with van der Waals surface area (Å²) < 4.78 is 23.4. The minimum Gasteiger partial charge on any atom is -0.399 e. The molecule has 1 amide bonds. The summed E-state index contributed by atoms with van der Waals surface area (Å²) in [5.74, 6) is 0.0190. The van der Waals surface area contributed by atoms with Crippen molar-refractivity contribution in [2.75, 3.05) is 35.2 Å². The summed E-state index contributed by atoms with van der Waals surface area (Å²) in [6.45, 7) is 4.61. The second kappa shape index (κ2) is 5.93. The Balaban J connectivity index is 2.38. The molecule has 21 heavy (non-hydrogen) atoms. The van der Waals surface area contributed by atoms with Crippen molar-refractivity contribution in [1.82, 2.24) is 5.32 Å². The van der Waals surface area contributed by atoms with Crippen molar-refractivity contribution in [3.8, 4) is 0 Å². The molecule has 0 aromatic heterocycles. The van der Waals surface area contributed by atoms with Crippen LogP contribution in [0.25, 0.3) is 0 Å². The highest BCUT2D eigenvalue weighted by Crippen LogP contribution is 2.28. The third-order valence-corrected chi connectivity index (χ3v) is 5.38. The van der Waals surface area contributed by atoms with E-state index in [1.807, 2.05) is 18.7 Å². The van der Waals surface area contributed by atoms with Crippen LogP contribution in [-0.2, 0) is 9.84 Å². The molecule has 116 valence electrons. The molecule has 1 aliphatic heterocycles. The second-order valence-corrected chi connectivity index (χ2v) is 7.52. The summed E-state index contributed by atoms with van der Waals surface area (Å²) in [6.07, 6.45) is 0. The Kier molecular flexibility index (Phi) is 4.41. The third kappa shape index (κ3) is 3.47. The standard InChI is InChI=1S/C14H21N3O3S/c1-3-16-14(18)12-5-4-11(15)8-13(12)17-6-7-21(19,20)9-10(17)2/h4-5,8,10H,3,6-7,9,15H2,1-2H3,(H,16,18). The number of rotatable bonds is 3. The Labute approximate surface area is 125 Å². The molecule has 1 unspecified atom stereocenters. The van der Waals surface area contributed by atoms with Crippen LogP contribution in [0.2, 0.25) is 0 Å². The first kappa shape index (κ1) is 15.6. The van der Waals surface area contributed by atoms with Gasteiger partial charge >= 0.3 is 0 Å². The molecule has 0 saturated carbocycles. The fourth-order valence-corrected chi connectivity index (χ4v) is 4.15. The summed E-state index contributed by atoms with van der Waals surface area (Å²) in [7, 11) is -3.00. The van der Waals surface area contributed by atoms with Gasteiger partial charge in [-0.05, 0) is 32.0 Å². The number of nitrogens with zero attached hydrogens (tertiary/aromatic N) is 1. The first-order chi connectivity index (χ1) is 9.84. The number of nitrogen functional groups attached to an aromatic ring is 1. The van der Waals surface area contributed by atoms with Crippen molar-refractivity contribution < 1.29 is 13.2 Å². The zero-order chi connectivity index (χ0) is 15.6.